The van der Waals surface area contributed by atoms with Crippen molar-refractivity contribution in [2.45, 2.75) is 73.0 Å². The fraction of sp³-hybridized carbons (Fsp3) is 0.550. The Morgan fingerprint density at radius 2 is 1.48 bits per heavy atom. The van der Waals surface area contributed by atoms with Gasteiger partial charge in [0.25, 0.3) is 0 Å². The van der Waals surface area contributed by atoms with Gasteiger partial charge in [-0.25, -0.2) is 0 Å². The van der Waals surface area contributed by atoms with Crippen LogP contribution in [-0.4, -0.2) is 16.6 Å². The van der Waals surface area contributed by atoms with Gasteiger partial charge >= 0.3 is 0 Å². The first-order chi connectivity index (χ1) is 11.6. The molecule has 0 amide bonds. The third-order valence-corrected chi connectivity index (χ3v) is 3.57. The average molecular weight is 345 g/mol. The summed E-state index contributed by atoms with van der Waals surface area (Å²) in [7, 11) is 0. The first-order valence-electron chi connectivity index (χ1n) is 8.56. The fourth-order valence-corrected chi connectivity index (χ4v) is 2.21. The van der Waals surface area contributed by atoms with Gasteiger partial charge in [0, 0.05) is 4.91 Å². The minimum absolute atomic E-state index is 0.610. The molecule has 1 atom stereocenters. The van der Waals surface area contributed by atoms with Gasteiger partial charge in [0.15, 0.2) is 5.78 Å². The maximum atomic E-state index is 12.4. The normalized spacial score (nSPS) is 14.2. The minimum atomic E-state index is -2.17. The van der Waals surface area contributed by atoms with Crippen molar-refractivity contribution in [3.05, 3.63) is 57.0 Å². The lowest BCUT2D eigenvalue weighted by Crippen LogP contribution is -2.33. The van der Waals surface area contributed by atoms with Crippen LogP contribution >= 0.6 is 0 Å². The molecule has 0 bridgehead atoms. The first kappa shape index (κ1) is 22.9. The van der Waals surface area contributed by atoms with Crippen LogP contribution in [0.3, 0.4) is 0 Å². The van der Waals surface area contributed by atoms with Crippen LogP contribution in [0.15, 0.2) is 51.7 Å². The Balaban J connectivity index is 5.22. The van der Waals surface area contributed by atoms with Gasteiger partial charge in [-0.3, -0.25) is 4.79 Å². The number of hydrogen-bond donors (Lipinski definition) is 1. The Labute approximate surface area is 151 Å². The van der Waals surface area contributed by atoms with Crippen molar-refractivity contribution in [1.82, 2.24) is 0 Å². The number of nitrogens with zero attached hydrogens (tertiary/aromatic N) is 3. The summed E-state index contributed by atoms with van der Waals surface area (Å²) in [4.78, 5) is 15.1. The van der Waals surface area contributed by atoms with Crippen molar-refractivity contribution in [3.8, 4) is 0 Å². The lowest BCUT2D eigenvalue weighted by molar-refractivity contribution is -0.127. The summed E-state index contributed by atoms with van der Waals surface area (Å²) < 4.78 is 0. The van der Waals surface area contributed by atoms with Crippen LogP contribution in [0.1, 0.15) is 67.2 Å². The van der Waals surface area contributed by atoms with E-state index in [1.165, 1.54) is 23.3 Å². The number of allylic oxidation sites excluding steroid dienone is 6. The van der Waals surface area contributed by atoms with Crippen LogP contribution in [0.25, 0.3) is 10.4 Å². The van der Waals surface area contributed by atoms with Gasteiger partial charge in [-0.1, -0.05) is 34.4 Å². The molecule has 1 N–H and O–H groups in total. The predicted octanol–water partition coefficient (Wildman–Crippen LogP) is 5.94. The van der Waals surface area contributed by atoms with Gasteiger partial charge in [-0.15, -0.1) is 0 Å². The molecule has 5 nitrogen and oxygen atoms in total. The number of aliphatic hydroxyl groups is 1. The quantitative estimate of drug-likeness (QED) is 0.175. The van der Waals surface area contributed by atoms with Crippen molar-refractivity contribution < 1.29 is 9.90 Å². The highest BCUT2D eigenvalue weighted by Gasteiger charge is 2.30. The number of azide groups is 1. The van der Waals surface area contributed by atoms with Crippen molar-refractivity contribution in [2.24, 2.45) is 5.11 Å². The van der Waals surface area contributed by atoms with Gasteiger partial charge < -0.3 is 5.11 Å². The van der Waals surface area contributed by atoms with E-state index in [1.807, 2.05) is 41.5 Å². The molecule has 0 fully saturated rings. The SMILES string of the molecule is CC(C)=CCC/C(C)=C/C(=O)C(O)(/C=C(\C)CCC=C(C)C)N=[N+]=[N-]. The van der Waals surface area contributed by atoms with Crippen LogP contribution < -0.4 is 0 Å². The Bertz CT molecular complexity index is 627. The summed E-state index contributed by atoms with van der Waals surface area (Å²) in [5.41, 5.74) is 10.6. The van der Waals surface area contributed by atoms with Crippen molar-refractivity contribution >= 4 is 5.78 Å². The second-order valence-electron chi connectivity index (χ2n) is 6.90. The third kappa shape index (κ3) is 10.4. The van der Waals surface area contributed by atoms with Crippen molar-refractivity contribution in [2.75, 3.05) is 0 Å². The molecule has 0 aromatic heterocycles. The molecule has 0 radical (unpaired) electrons. The van der Waals surface area contributed by atoms with Crippen molar-refractivity contribution in [3.63, 3.8) is 0 Å². The molecule has 0 aromatic carbocycles. The highest BCUT2D eigenvalue weighted by atomic mass is 16.3. The molecule has 5 heteroatoms. The molecule has 0 spiro atoms. The summed E-state index contributed by atoms with van der Waals surface area (Å²) in [5, 5.41) is 13.8. The van der Waals surface area contributed by atoms with E-state index in [0.717, 1.165) is 24.0 Å². The topological polar surface area (TPSA) is 86.1 Å². The Kier molecular flexibility index (Phi) is 10.5. The van der Waals surface area contributed by atoms with E-state index in [9.17, 15) is 9.90 Å². The lowest BCUT2D eigenvalue weighted by atomic mass is 10.00. The summed E-state index contributed by atoms with van der Waals surface area (Å²) >= 11 is 0. The van der Waals surface area contributed by atoms with E-state index in [2.05, 4.69) is 22.2 Å². The molecular formula is C20H31N3O2. The summed E-state index contributed by atoms with van der Waals surface area (Å²) in [6.07, 6.45) is 9.94. The van der Waals surface area contributed by atoms with Gasteiger partial charge in [0.2, 0.25) is 5.72 Å². The van der Waals surface area contributed by atoms with Gasteiger partial charge in [0.1, 0.15) is 0 Å². The molecule has 0 aliphatic heterocycles. The van der Waals surface area contributed by atoms with Crippen LogP contribution in [0.4, 0.5) is 0 Å². The van der Waals surface area contributed by atoms with Gasteiger partial charge in [-0.2, -0.15) is 0 Å². The largest absolute Gasteiger partial charge is 0.373 e. The van der Waals surface area contributed by atoms with Crippen LogP contribution in [0.2, 0.25) is 0 Å². The summed E-state index contributed by atoms with van der Waals surface area (Å²) in [6.45, 7) is 11.7. The second-order valence-corrected chi connectivity index (χ2v) is 6.90. The first-order valence-corrected chi connectivity index (χ1v) is 8.56. The molecule has 0 saturated carbocycles. The Morgan fingerprint density at radius 1 is 1.00 bits per heavy atom. The standard InChI is InChI=1S/C20H31N3O2/c1-15(2)9-7-11-17(5)13-19(24)20(25,22-23-21)14-18(6)12-8-10-16(3)4/h9-10,13-14,25H,7-8,11-12H2,1-6H3/b17-13+,18-14+. The molecule has 1 unspecified atom stereocenters. The molecule has 0 aromatic rings. The molecule has 138 valence electrons. The molecule has 0 heterocycles. The number of hydrogen-bond acceptors (Lipinski definition) is 3. The minimum Gasteiger partial charge on any atom is -0.373 e. The lowest BCUT2D eigenvalue weighted by Gasteiger charge is -2.17. The average Bonchev–Trinajstić information content (AvgIpc) is 2.46. The fourth-order valence-electron chi connectivity index (χ4n) is 2.21. The highest BCUT2D eigenvalue weighted by molar-refractivity contribution is 5.98. The van der Waals surface area contributed by atoms with E-state index in [4.69, 9.17) is 5.53 Å². The Morgan fingerprint density at radius 3 is 1.92 bits per heavy atom. The molecule has 0 rings (SSSR count). The van der Waals surface area contributed by atoms with E-state index in [-0.39, 0.29) is 0 Å². The predicted molar refractivity (Wildman–Crippen MR) is 104 cm³/mol. The number of rotatable bonds is 10. The van der Waals surface area contributed by atoms with E-state index in [0.29, 0.717) is 12.8 Å². The van der Waals surface area contributed by atoms with Crippen LogP contribution in [-0.2, 0) is 4.79 Å². The molecule has 0 saturated heterocycles. The van der Waals surface area contributed by atoms with Crippen molar-refractivity contribution in [1.29, 1.82) is 0 Å². The smallest absolute Gasteiger partial charge is 0.225 e. The maximum absolute atomic E-state index is 12.4. The number of ketones is 1. The monoisotopic (exact) mass is 345 g/mol. The number of carbonyl (C=O) groups is 1. The van der Waals surface area contributed by atoms with Gasteiger partial charge in [-0.05, 0) is 90.0 Å². The molecule has 0 aliphatic carbocycles. The maximum Gasteiger partial charge on any atom is 0.225 e. The third-order valence-electron chi connectivity index (χ3n) is 3.57. The zero-order valence-corrected chi connectivity index (χ0v) is 16.3. The number of carbonyl (C=O) groups excluding carboxylic acids is 1. The highest BCUT2D eigenvalue weighted by Crippen LogP contribution is 2.19. The second kappa shape index (κ2) is 11.5. The zero-order chi connectivity index (χ0) is 19.5. The van der Waals surface area contributed by atoms with E-state index >= 15 is 0 Å². The van der Waals surface area contributed by atoms with Crippen LogP contribution in [0.5, 0.6) is 0 Å². The molecule has 25 heavy (non-hydrogen) atoms. The zero-order valence-electron chi connectivity index (χ0n) is 16.3. The molecular weight excluding hydrogens is 314 g/mol. The Hall–Kier alpha value is -2.10. The van der Waals surface area contributed by atoms with E-state index in [1.54, 1.807) is 0 Å². The van der Waals surface area contributed by atoms with Gasteiger partial charge in [0.05, 0.1) is 0 Å². The van der Waals surface area contributed by atoms with Crippen LogP contribution in [0, 0.1) is 0 Å². The summed E-state index contributed by atoms with van der Waals surface area (Å²) in [6, 6.07) is 0. The molecule has 0 aliphatic rings. The van der Waals surface area contributed by atoms with E-state index < -0.39 is 11.5 Å². The summed E-state index contributed by atoms with van der Waals surface area (Å²) in [5.74, 6) is -0.610.